The highest BCUT2D eigenvalue weighted by Crippen LogP contribution is 2.28. The lowest BCUT2D eigenvalue weighted by Crippen LogP contribution is -2.27. The van der Waals surface area contributed by atoms with Crippen LogP contribution in [0.15, 0.2) is 30.3 Å². The summed E-state index contributed by atoms with van der Waals surface area (Å²) in [5.41, 5.74) is 5.65. The Balaban J connectivity index is 1.61. The fourth-order valence-corrected chi connectivity index (χ4v) is 2.57. The van der Waals surface area contributed by atoms with Gasteiger partial charge < -0.3 is 15.2 Å². The van der Waals surface area contributed by atoms with E-state index in [4.69, 9.17) is 15.2 Å². The van der Waals surface area contributed by atoms with Gasteiger partial charge >= 0.3 is 5.97 Å². The highest BCUT2D eigenvalue weighted by Gasteiger charge is 2.26. The summed E-state index contributed by atoms with van der Waals surface area (Å²) in [6.07, 6.45) is 3.88. The second kappa shape index (κ2) is 7.90. The van der Waals surface area contributed by atoms with Gasteiger partial charge in [0, 0.05) is 0 Å². The summed E-state index contributed by atoms with van der Waals surface area (Å²) in [4.78, 5) is 11.9. The van der Waals surface area contributed by atoms with Crippen molar-refractivity contribution in [2.24, 2.45) is 17.6 Å². The summed E-state index contributed by atoms with van der Waals surface area (Å²) in [5.74, 6) is 1.35. The summed E-state index contributed by atoms with van der Waals surface area (Å²) in [6, 6.07) is 9.53. The number of ether oxygens (including phenoxy) is 2. The molecule has 0 bridgehead atoms. The summed E-state index contributed by atoms with van der Waals surface area (Å²) in [6.45, 7) is 1.44. The molecule has 1 fully saturated rings. The van der Waals surface area contributed by atoms with Gasteiger partial charge in [0.25, 0.3) is 0 Å². The lowest BCUT2D eigenvalue weighted by atomic mass is 9.82. The second-order valence-corrected chi connectivity index (χ2v) is 5.28. The molecule has 0 heterocycles. The Morgan fingerprint density at radius 1 is 1.10 bits per heavy atom. The van der Waals surface area contributed by atoms with Crippen LogP contribution in [-0.4, -0.2) is 25.7 Å². The number of nitrogens with two attached hydrogens (primary N) is 1. The zero-order chi connectivity index (χ0) is 14.2. The van der Waals surface area contributed by atoms with Crippen LogP contribution in [0.25, 0.3) is 0 Å². The van der Waals surface area contributed by atoms with E-state index in [2.05, 4.69) is 0 Å². The summed E-state index contributed by atoms with van der Waals surface area (Å²) >= 11 is 0. The standard InChI is InChI=1S/C16H23NO3/c17-12-13-6-8-14(9-7-13)16(18)20-11-10-19-15-4-2-1-3-5-15/h1-5,13-14H,6-12,17H2. The Hall–Kier alpha value is -1.55. The molecule has 4 nitrogen and oxygen atoms in total. The number of hydrogen-bond donors (Lipinski definition) is 1. The molecule has 0 atom stereocenters. The van der Waals surface area contributed by atoms with E-state index in [9.17, 15) is 4.79 Å². The van der Waals surface area contributed by atoms with Crippen LogP contribution in [-0.2, 0) is 9.53 Å². The zero-order valence-corrected chi connectivity index (χ0v) is 11.8. The van der Waals surface area contributed by atoms with Gasteiger partial charge in [0.2, 0.25) is 0 Å². The van der Waals surface area contributed by atoms with Gasteiger partial charge in [-0.3, -0.25) is 4.79 Å². The van der Waals surface area contributed by atoms with Crippen LogP contribution in [0.2, 0.25) is 0 Å². The fourth-order valence-electron chi connectivity index (χ4n) is 2.57. The van der Waals surface area contributed by atoms with Crippen LogP contribution in [0, 0.1) is 11.8 Å². The normalized spacial score (nSPS) is 22.2. The molecular weight excluding hydrogens is 254 g/mol. The molecule has 1 aliphatic carbocycles. The Morgan fingerprint density at radius 3 is 2.45 bits per heavy atom. The summed E-state index contributed by atoms with van der Waals surface area (Å²) in [5, 5.41) is 0. The quantitative estimate of drug-likeness (QED) is 0.640. The number of rotatable bonds is 6. The SMILES string of the molecule is NCC1CCC(C(=O)OCCOc2ccccc2)CC1. The number of carbonyl (C=O) groups excluding carboxylic acids is 1. The predicted octanol–water partition coefficient (Wildman–Crippen LogP) is 2.37. The third-order valence-electron chi connectivity index (χ3n) is 3.85. The Labute approximate surface area is 120 Å². The van der Waals surface area contributed by atoms with Crippen molar-refractivity contribution in [1.29, 1.82) is 0 Å². The third kappa shape index (κ3) is 4.53. The first-order valence-electron chi connectivity index (χ1n) is 7.34. The van der Waals surface area contributed by atoms with Crippen LogP contribution >= 0.6 is 0 Å². The smallest absolute Gasteiger partial charge is 0.309 e. The number of hydrogen-bond acceptors (Lipinski definition) is 4. The van der Waals surface area contributed by atoms with E-state index in [1.165, 1.54) is 0 Å². The molecule has 1 aliphatic rings. The van der Waals surface area contributed by atoms with Crippen LogP contribution < -0.4 is 10.5 Å². The lowest BCUT2D eigenvalue weighted by Gasteiger charge is -2.26. The van der Waals surface area contributed by atoms with Crippen molar-refractivity contribution in [3.8, 4) is 5.75 Å². The topological polar surface area (TPSA) is 61.6 Å². The maximum atomic E-state index is 11.9. The average molecular weight is 277 g/mol. The summed E-state index contributed by atoms with van der Waals surface area (Å²) < 4.78 is 10.8. The van der Waals surface area contributed by atoms with Crippen molar-refractivity contribution in [2.45, 2.75) is 25.7 Å². The lowest BCUT2D eigenvalue weighted by molar-refractivity contribution is -0.150. The average Bonchev–Trinajstić information content (AvgIpc) is 2.52. The minimum Gasteiger partial charge on any atom is -0.490 e. The molecular formula is C16H23NO3. The Kier molecular flexibility index (Phi) is 5.87. The maximum Gasteiger partial charge on any atom is 0.309 e. The molecule has 0 radical (unpaired) electrons. The molecule has 20 heavy (non-hydrogen) atoms. The van der Waals surface area contributed by atoms with Crippen molar-refractivity contribution in [3.63, 3.8) is 0 Å². The van der Waals surface area contributed by atoms with Crippen molar-refractivity contribution in [3.05, 3.63) is 30.3 Å². The number of benzene rings is 1. The van der Waals surface area contributed by atoms with Crippen LogP contribution in [0.5, 0.6) is 5.75 Å². The van der Waals surface area contributed by atoms with Gasteiger partial charge in [-0.2, -0.15) is 0 Å². The molecule has 0 spiro atoms. The van der Waals surface area contributed by atoms with Gasteiger partial charge in [-0.1, -0.05) is 18.2 Å². The number of para-hydroxylation sites is 1. The van der Waals surface area contributed by atoms with Crippen molar-refractivity contribution >= 4 is 5.97 Å². The van der Waals surface area contributed by atoms with Crippen molar-refractivity contribution in [2.75, 3.05) is 19.8 Å². The van der Waals surface area contributed by atoms with Gasteiger partial charge in [0.15, 0.2) is 0 Å². The summed E-state index contributed by atoms with van der Waals surface area (Å²) in [7, 11) is 0. The minimum atomic E-state index is -0.0860. The number of carbonyl (C=O) groups is 1. The van der Waals surface area contributed by atoms with Crippen molar-refractivity contribution in [1.82, 2.24) is 0 Å². The van der Waals surface area contributed by atoms with Gasteiger partial charge in [-0.25, -0.2) is 0 Å². The molecule has 1 aromatic carbocycles. The van der Waals surface area contributed by atoms with Gasteiger partial charge in [0.05, 0.1) is 5.92 Å². The molecule has 1 saturated carbocycles. The van der Waals surface area contributed by atoms with Crippen LogP contribution in [0.4, 0.5) is 0 Å². The monoisotopic (exact) mass is 277 g/mol. The van der Waals surface area contributed by atoms with E-state index in [1.54, 1.807) is 0 Å². The van der Waals surface area contributed by atoms with E-state index in [1.807, 2.05) is 30.3 Å². The van der Waals surface area contributed by atoms with Crippen LogP contribution in [0.3, 0.4) is 0 Å². The molecule has 2 N–H and O–H groups in total. The van der Waals surface area contributed by atoms with Crippen LogP contribution in [0.1, 0.15) is 25.7 Å². The van der Waals surface area contributed by atoms with E-state index in [-0.39, 0.29) is 11.9 Å². The molecule has 0 unspecified atom stereocenters. The van der Waals surface area contributed by atoms with Gasteiger partial charge in [0.1, 0.15) is 19.0 Å². The Bertz CT molecular complexity index is 399. The van der Waals surface area contributed by atoms with E-state index in [0.29, 0.717) is 19.1 Å². The molecule has 2 rings (SSSR count). The molecule has 110 valence electrons. The van der Waals surface area contributed by atoms with E-state index in [0.717, 1.165) is 38.0 Å². The molecule has 4 heteroatoms. The second-order valence-electron chi connectivity index (χ2n) is 5.28. The van der Waals surface area contributed by atoms with E-state index < -0.39 is 0 Å². The first-order valence-corrected chi connectivity index (χ1v) is 7.34. The van der Waals surface area contributed by atoms with Crippen molar-refractivity contribution < 1.29 is 14.3 Å². The minimum absolute atomic E-state index is 0.0505. The van der Waals surface area contributed by atoms with E-state index >= 15 is 0 Å². The van der Waals surface area contributed by atoms with Gasteiger partial charge in [-0.05, 0) is 50.3 Å². The highest BCUT2D eigenvalue weighted by molar-refractivity contribution is 5.72. The Morgan fingerprint density at radius 2 is 1.80 bits per heavy atom. The molecule has 1 aromatic rings. The third-order valence-corrected chi connectivity index (χ3v) is 3.85. The molecule has 0 saturated heterocycles. The molecule has 0 aliphatic heterocycles. The predicted molar refractivity (Wildman–Crippen MR) is 77.4 cm³/mol. The first-order chi connectivity index (χ1) is 9.79. The number of esters is 1. The maximum absolute atomic E-state index is 11.9. The largest absolute Gasteiger partial charge is 0.490 e. The highest BCUT2D eigenvalue weighted by atomic mass is 16.6. The fraction of sp³-hybridized carbons (Fsp3) is 0.562. The molecule has 0 aromatic heterocycles. The first kappa shape index (κ1) is 14.9. The zero-order valence-electron chi connectivity index (χ0n) is 11.8. The van der Waals surface area contributed by atoms with Gasteiger partial charge in [-0.15, -0.1) is 0 Å². The molecule has 0 amide bonds.